The smallest absolute Gasteiger partial charge is 0.243 e. The van der Waals surface area contributed by atoms with E-state index in [2.05, 4.69) is 6.07 Å². The predicted octanol–water partition coefficient (Wildman–Crippen LogP) is 3.11. The first-order valence-corrected chi connectivity index (χ1v) is 7.89. The van der Waals surface area contributed by atoms with Crippen LogP contribution in [0.15, 0.2) is 0 Å². The van der Waals surface area contributed by atoms with Gasteiger partial charge in [0.1, 0.15) is 5.41 Å². The van der Waals surface area contributed by atoms with Crippen LogP contribution in [-0.2, 0) is 4.79 Å². The van der Waals surface area contributed by atoms with Crippen LogP contribution >= 0.6 is 0 Å². The summed E-state index contributed by atoms with van der Waals surface area (Å²) in [6.07, 6.45) is 4.52. The lowest BCUT2D eigenvalue weighted by Gasteiger charge is -2.36. The lowest BCUT2D eigenvalue weighted by Crippen LogP contribution is -2.49. The van der Waals surface area contributed by atoms with Crippen LogP contribution in [0.25, 0.3) is 0 Å². The average Bonchev–Trinajstić information content (AvgIpc) is 2.46. The van der Waals surface area contributed by atoms with Crippen molar-refractivity contribution >= 4 is 5.91 Å². The first kappa shape index (κ1) is 18.9. The number of aliphatic hydroxyl groups excluding tert-OH is 1. The first-order chi connectivity index (χ1) is 9.56. The monoisotopic (exact) mass is 282 g/mol. The first-order valence-electron chi connectivity index (χ1n) is 7.89. The molecule has 116 valence electrons. The van der Waals surface area contributed by atoms with Gasteiger partial charge in [0.05, 0.1) is 12.7 Å². The van der Waals surface area contributed by atoms with Crippen molar-refractivity contribution < 1.29 is 9.90 Å². The Morgan fingerprint density at radius 1 is 1.20 bits per heavy atom. The molecule has 0 aromatic heterocycles. The molecule has 0 atom stereocenters. The minimum atomic E-state index is -0.915. The number of hydrogen-bond donors (Lipinski definition) is 1. The maximum atomic E-state index is 12.9. The number of hydrogen-bond acceptors (Lipinski definition) is 3. The second kappa shape index (κ2) is 9.77. The van der Waals surface area contributed by atoms with Gasteiger partial charge in [0.25, 0.3) is 0 Å². The highest BCUT2D eigenvalue weighted by atomic mass is 16.3. The SMILES string of the molecule is CCCC(C#N)(CCC)C(=O)N(CCO)C(CC)CC. The van der Waals surface area contributed by atoms with Gasteiger partial charge in [-0.05, 0) is 25.7 Å². The van der Waals surface area contributed by atoms with Gasteiger partial charge in [-0.2, -0.15) is 5.26 Å². The van der Waals surface area contributed by atoms with Crippen molar-refractivity contribution in [3.63, 3.8) is 0 Å². The van der Waals surface area contributed by atoms with Crippen LogP contribution < -0.4 is 0 Å². The molecule has 0 aromatic rings. The lowest BCUT2D eigenvalue weighted by molar-refractivity contribution is -0.143. The van der Waals surface area contributed by atoms with E-state index in [1.165, 1.54) is 0 Å². The van der Waals surface area contributed by atoms with Crippen LogP contribution in [0.2, 0.25) is 0 Å². The second-order valence-corrected chi connectivity index (χ2v) is 5.39. The van der Waals surface area contributed by atoms with Crippen LogP contribution in [-0.4, -0.2) is 35.1 Å². The number of amides is 1. The van der Waals surface area contributed by atoms with Gasteiger partial charge in [0.15, 0.2) is 0 Å². The molecule has 4 heteroatoms. The molecule has 0 saturated heterocycles. The number of nitriles is 1. The second-order valence-electron chi connectivity index (χ2n) is 5.39. The van der Waals surface area contributed by atoms with Crippen LogP contribution in [0.4, 0.5) is 0 Å². The maximum absolute atomic E-state index is 12.9. The molecule has 0 unspecified atom stereocenters. The third-order valence-corrected chi connectivity index (χ3v) is 3.96. The fraction of sp³-hybridized carbons (Fsp3) is 0.875. The summed E-state index contributed by atoms with van der Waals surface area (Å²) < 4.78 is 0. The van der Waals surface area contributed by atoms with Gasteiger partial charge in [-0.3, -0.25) is 4.79 Å². The van der Waals surface area contributed by atoms with Crippen molar-refractivity contribution in [2.45, 2.75) is 72.3 Å². The van der Waals surface area contributed by atoms with Gasteiger partial charge >= 0.3 is 0 Å². The number of carbonyl (C=O) groups is 1. The summed E-state index contributed by atoms with van der Waals surface area (Å²) in [4.78, 5) is 14.6. The van der Waals surface area contributed by atoms with E-state index in [1.54, 1.807) is 4.90 Å². The Morgan fingerprint density at radius 2 is 1.70 bits per heavy atom. The summed E-state index contributed by atoms with van der Waals surface area (Å²) in [6, 6.07) is 2.39. The van der Waals surface area contributed by atoms with Crippen LogP contribution in [0.3, 0.4) is 0 Å². The molecule has 0 aromatic carbocycles. The maximum Gasteiger partial charge on any atom is 0.243 e. The Bertz CT molecular complexity index is 313. The molecule has 0 aliphatic carbocycles. The zero-order valence-corrected chi connectivity index (χ0v) is 13.5. The number of rotatable bonds is 10. The van der Waals surface area contributed by atoms with Gasteiger partial charge in [-0.1, -0.05) is 40.5 Å². The van der Waals surface area contributed by atoms with Gasteiger partial charge in [0.2, 0.25) is 5.91 Å². The molecule has 0 rings (SSSR count). The summed E-state index contributed by atoms with van der Waals surface area (Å²) in [6.45, 7) is 8.36. The van der Waals surface area contributed by atoms with Crippen molar-refractivity contribution in [1.82, 2.24) is 4.90 Å². The van der Waals surface area contributed by atoms with E-state index < -0.39 is 5.41 Å². The van der Waals surface area contributed by atoms with Crippen molar-refractivity contribution in [3.8, 4) is 6.07 Å². The van der Waals surface area contributed by atoms with Gasteiger partial charge in [0, 0.05) is 12.6 Å². The van der Waals surface area contributed by atoms with E-state index in [0.717, 1.165) is 25.7 Å². The van der Waals surface area contributed by atoms with E-state index in [0.29, 0.717) is 19.4 Å². The minimum absolute atomic E-state index is 0.0536. The summed E-state index contributed by atoms with van der Waals surface area (Å²) in [5.74, 6) is -0.0912. The van der Waals surface area contributed by atoms with E-state index >= 15 is 0 Å². The highest BCUT2D eigenvalue weighted by Crippen LogP contribution is 2.33. The van der Waals surface area contributed by atoms with Crippen molar-refractivity contribution in [1.29, 1.82) is 5.26 Å². The highest BCUT2D eigenvalue weighted by molar-refractivity contribution is 5.85. The molecule has 0 radical (unpaired) electrons. The Labute approximate surface area is 123 Å². The van der Waals surface area contributed by atoms with Crippen LogP contribution in [0, 0.1) is 16.7 Å². The Balaban J connectivity index is 5.39. The quantitative estimate of drug-likeness (QED) is 0.669. The Morgan fingerprint density at radius 3 is 2.00 bits per heavy atom. The van der Waals surface area contributed by atoms with Crippen LogP contribution in [0.5, 0.6) is 0 Å². The minimum Gasteiger partial charge on any atom is -0.395 e. The molecular formula is C16H30N2O2. The number of nitrogens with zero attached hydrogens (tertiary/aromatic N) is 2. The molecule has 0 saturated carbocycles. The van der Waals surface area contributed by atoms with Gasteiger partial charge in [-0.25, -0.2) is 0 Å². The number of aliphatic hydroxyl groups is 1. The standard InChI is InChI=1S/C16H30N2O2/c1-5-9-16(13-17,10-6-2)15(20)18(11-12-19)14(7-3)8-4/h14,19H,5-12H2,1-4H3. The molecule has 4 nitrogen and oxygen atoms in total. The number of carbonyl (C=O) groups excluding carboxylic acids is 1. The molecule has 0 fully saturated rings. The largest absolute Gasteiger partial charge is 0.395 e. The molecular weight excluding hydrogens is 252 g/mol. The van der Waals surface area contributed by atoms with E-state index in [4.69, 9.17) is 0 Å². The average molecular weight is 282 g/mol. The molecule has 0 aliphatic rings. The van der Waals surface area contributed by atoms with E-state index in [-0.39, 0.29) is 18.6 Å². The zero-order valence-electron chi connectivity index (χ0n) is 13.5. The normalized spacial score (nSPS) is 11.4. The topological polar surface area (TPSA) is 64.3 Å². The highest BCUT2D eigenvalue weighted by Gasteiger charge is 2.41. The fourth-order valence-corrected chi connectivity index (χ4v) is 2.91. The van der Waals surface area contributed by atoms with Gasteiger partial charge in [-0.15, -0.1) is 0 Å². The lowest BCUT2D eigenvalue weighted by atomic mass is 9.78. The molecule has 1 N–H and O–H groups in total. The third-order valence-electron chi connectivity index (χ3n) is 3.96. The van der Waals surface area contributed by atoms with Crippen LogP contribution in [0.1, 0.15) is 66.2 Å². The summed E-state index contributed by atoms with van der Waals surface area (Å²) in [5, 5.41) is 18.8. The van der Waals surface area contributed by atoms with E-state index in [1.807, 2.05) is 27.7 Å². The van der Waals surface area contributed by atoms with Crippen molar-refractivity contribution in [2.75, 3.05) is 13.2 Å². The Kier molecular flexibility index (Phi) is 9.24. The fourth-order valence-electron chi connectivity index (χ4n) is 2.91. The van der Waals surface area contributed by atoms with Crippen molar-refractivity contribution in [3.05, 3.63) is 0 Å². The molecule has 0 bridgehead atoms. The molecule has 0 aliphatic heterocycles. The van der Waals surface area contributed by atoms with Gasteiger partial charge < -0.3 is 10.0 Å². The predicted molar refractivity (Wildman–Crippen MR) is 81.0 cm³/mol. The third kappa shape index (κ3) is 4.49. The van der Waals surface area contributed by atoms with Crippen molar-refractivity contribution in [2.24, 2.45) is 5.41 Å². The molecule has 0 spiro atoms. The van der Waals surface area contributed by atoms with E-state index in [9.17, 15) is 15.2 Å². The zero-order chi connectivity index (χ0) is 15.6. The molecule has 1 amide bonds. The summed E-state index contributed by atoms with van der Waals surface area (Å²) in [5.41, 5.74) is -0.915. The summed E-state index contributed by atoms with van der Waals surface area (Å²) in [7, 11) is 0. The molecule has 20 heavy (non-hydrogen) atoms. The Hall–Kier alpha value is -1.08. The molecule has 0 heterocycles. The summed E-state index contributed by atoms with van der Waals surface area (Å²) >= 11 is 0.